The van der Waals surface area contributed by atoms with Crippen molar-refractivity contribution in [3.63, 3.8) is 0 Å². The number of fused-ring (bicyclic) bond motifs is 1. The van der Waals surface area contributed by atoms with Gasteiger partial charge in [0.2, 0.25) is 5.95 Å². The van der Waals surface area contributed by atoms with Crippen LogP contribution in [-0.4, -0.2) is 19.5 Å². The van der Waals surface area contributed by atoms with Gasteiger partial charge in [-0.05, 0) is 30.5 Å². The zero-order valence-corrected chi connectivity index (χ0v) is 15.4. The first-order valence-corrected chi connectivity index (χ1v) is 9.31. The number of para-hydroxylation sites is 1. The lowest BCUT2D eigenvalue weighted by molar-refractivity contribution is 0.694. The van der Waals surface area contributed by atoms with Crippen LogP contribution in [0.3, 0.4) is 0 Å². The Morgan fingerprint density at radius 1 is 1.15 bits per heavy atom. The first kappa shape index (κ1) is 17.2. The molecule has 0 atom stereocenters. The predicted octanol–water partition coefficient (Wildman–Crippen LogP) is 2.51. The summed E-state index contributed by atoms with van der Waals surface area (Å²) >= 11 is 1.62. The van der Waals surface area contributed by atoms with E-state index in [1.807, 2.05) is 35.7 Å². The highest BCUT2D eigenvalue weighted by atomic mass is 32.1. The molecule has 8 heteroatoms. The van der Waals surface area contributed by atoms with Gasteiger partial charge in [0.15, 0.2) is 0 Å². The summed E-state index contributed by atoms with van der Waals surface area (Å²) in [5, 5.41) is 5.65. The highest BCUT2D eigenvalue weighted by Crippen LogP contribution is 2.11. The Hall–Kier alpha value is -3.26. The van der Waals surface area contributed by atoms with E-state index < -0.39 is 0 Å². The van der Waals surface area contributed by atoms with Crippen molar-refractivity contribution in [3.05, 3.63) is 84.9 Å². The van der Waals surface area contributed by atoms with E-state index in [1.165, 1.54) is 10.6 Å². The quantitative estimate of drug-likeness (QED) is 0.556. The van der Waals surface area contributed by atoms with Gasteiger partial charge in [-0.1, -0.05) is 18.2 Å². The molecule has 27 heavy (non-hydrogen) atoms. The predicted molar refractivity (Wildman–Crippen MR) is 106 cm³/mol. The molecule has 3 aromatic heterocycles. The van der Waals surface area contributed by atoms with E-state index in [0.29, 0.717) is 34.9 Å². The van der Waals surface area contributed by atoms with E-state index in [2.05, 4.69) is 20.3 Å². The number of thiophene rings is 1. The van der Waals surface area contributed by atoms with E-state index >= 15 is 0 Å². The topological polar surface area (TPSA) is 92.7 Å². The lowest BCUT2D eigenvalue weighted by Gasteiger charge is -2.11. The number of hydrogen-bond acceptors (Lipinski definition) is 6. The van der Waals surface area contributed by atoms with Gasteiger partial charge in [-0.3, -0.25) is 19.1 Å². The highest BCUT2D eigenvalue weighted by molar-refractivity contribution is 7.09. The van der Waals surface area contributed by atoms with Gasteiger partial charge >= 0.3 is 0 Å². The van der Waals surface area contributed by atoms with Gasteiger partial charge in [0, 0.05) is 10.9 Å². The number of nitrogens with zero attached hydrogens (tertiary/aromatic N) is 3. The molecule has 0 amide bonds. The number of aromatic amines is 1. The van der Waals surface area contributed by atoms with Gasteiger partial charge in [-0.15, -0.1) is 11.3 Å². The van der Waals surface area contributed by atoms with Gasteiger partial charge < -0.3 is 5.32 Å². The minimum absolute atomic E-state index is 0.145. The number of H-pyrrole nitrogens is 1. The second-order valence-corrected chi connectivity index (χ2v) is 7.12. The molecule has 0 saturated heterocycles. The second-order valence-electron chi connectivity index (χ2n) is 6.09. The first-order valence-electron chi connectivity index (χ1n) is 8.43. The first-order chi connectivity index (χ1) is 13.1. The summed E-state index contributed by atoms with van der Waals surface area (Å²) in [5.41, 5.74) is 0.740. The van der Waals surface area contributed by atoms with E-state index in [4.69, 9.17) is 0 Å². The second kappa shape index (κ2) is 7.16. The normalized spacial score (nSPS) is 11.0. The molecule has 3 heterocycles. The van der Waals surface area contributed by atoms with Crippen LogP contribution in [0.2, 0.25) is 0 Å². The zero-order valence-electron chi connectivity index (χ0n) is 14.6. The van der Waals surface area contributed by atoms with Crippen molar-refractivity contribution < 1.29 is 0 Å². The summed E-state index contributed by atoms with van der Waals surface area (Å²) in [7, 11) is 0. The van der Waals surface area contributed by atoms with Crippen LogP contribution in [0.4, 0.5) is 5.95 Å². The molecule has 0 aliphatic heterocycles. The van der Waals surface area contributed by atoms with Crippen molar-refractivity contribution in [2.75, 3.05) is 5.32 Å². The highest BCUT2D eigenvalue weighted by Gasteiger charge is 2.10. The fourth-order valence-electron chi connectivity index (χ4n) is 2.88. The Labute approximate surface area is 158 Å². The Morgan fingerprint density at radius 3 is 2.81 bits per heavy atom. The van der Waals surface area contributed by atoms with Gasteiger partial charge in [-0.25, -0.2) is 9.97 Å². The fraction of sp³-hybridized carbons (Fsp3) is 0.158. The Balaban J connectivity index is 1.65. The van der Waals surface area contributed by atoms with Crippen LogP contribution < -0.4 is 16.4 Å². The molecule has 0 saturated carbocycles. The van der Waals surface area contributed by atoms with Gasteiger partial charge in [-0.2, -0.15) is 0 Å². The van der Waals surface area contributed by atoms with Crippen LogP contribution in [0.25, 0.3) is 10.9 Å². The van der Waals surface area contributed by atoms with Crippen molar-refractivity contribution in [3.8, 4) is 0 Å². The standard InChI is InChI=1S/C19H17N5O2S/c1-12-21-16-7-3-2-6-15(16)18(26)24(12)11-13-9-17(25)23-19(22-13)20-10-14-5-4-8-27-14/h2-9H,10-11H2,1H3,(H2,20,22,23,25). The number of nitrogens with one attached hydrogen (secondary N) is 2. The number of aryl methyl sites for hydroxylation is 1. The fourth-order valence-corrected chi connectivity index (χ4v) is 3.53. The Kier molecular flexibility index (Phi) is 4.55. The molecule has 136 valence electrons. The van der Waals surface area contributed by atoms with Gasteiger partial charge in [0.05, 0.1) is 29.7 Å². The molecule has 7 nitrogen and oxygen atoms in total. The van der Waals surface area contributed by atoms with Crippen molar-refractivity contribution >= 4 is 28.2 Å². The molecule has 2 N–H and O–H groups in total. The molecule has 0 aliphatic rings. The molecule has 4 rings (SSSR count). The minimum Gasteiger partial charge on any atom is -0.351 e. The molecule has 0 spiro atoms. The Bertz CT molecular complexity index is 1210. The molecule has 0 radical (unpaired) electrons. The van der Waals surface area contributed by atoms with Crippen molar-refractivity contribution in [1.82, 2.24) is 19.5 Å². The average Bonchev–Trinajstić information content (AvgIpc) is 3.17. The summed E-state index contributed by atoms with van der Waals surface area (Å²) < 4.78 is 1.53. The molecule has 0 bridgehead atoms. The van der Waals surface area contributed by atoms with Crippen LogP contribution in [0.5, 0.6) is 0 Å². The molecule has 0 unspecified atom stereocenters. The lowest BCUT2D eigenvalue weighted by Crippen LogP contribution is -2.26. The third-order valence-corrected chi connectivity index (χ3v) is 5.05. The summed E-state index contributed by atoms with van der Waals surface area (Å²) in [6.45, 7) is 2.53. The monoisotopic (exact) mass is 379 g/mol. The van der Waals surface area contributed by atoms with Gasteiger partial charge in [0.25, 0.3) is 11.1 Å². The number of hydrogen-bond donors (Lipinski definition) is 2. The lowest BCUT2D eigenvalue weighted by atomic mass is 10.2. The molecule has 1 aromatic carbocycles. The van der Waals surface area contributed by atoms with Gasteiger partial charge in [0.1, 0.15) is 5.82 Å². The largest absolute Gasteiger partial charge is 0.351 e. The van der Waals surface area contributed by atoms with E-state index in [0.717, 1.165) is 4.88 Å². The molecular formula is C19H17N5O2S. The number of anilines is 1. The van der Waals surface area contributed by atoms with E-state index in [1.54, 1.807) is 24.3 Å². The third-order valence-electron chi connectivity index (χ3n) is 4.18. The van der Waals surface area contributed by atoms with E-state index in [-0.39, 0.29) is 17.7 Å². The molecule has 0 aliphatic carbocycles. The maximum Gasteiger partial charge on any atom is 0.261 e. The van der Waals surface area contributed by atoms with Crippen molar-refractivity contribution in [2.45, 2.75) is 20.0 Å². The third kappa shape index (κ3) is 3.65. The maximum absolute atomic E-state index is 12.8. The zero-order chi connectivity index (χ0) is 18.8. The van der Waals surface area contributed by atoms with Crippen molar-refractivity contribution in [2.24, 2.45) is 0 Å². The maximum atomic E-state index is 12.8. The van der Waals surface area contributed by atoms with Crippen molar-refractivity contribution in [1.29, 1.82) is 0 Å². The summed E-state index contributed by atoms with van der Waals surface area (Å²) in [4.78, 5) is 37.5. The van der Waals surface area contributed by atoms with Crippen LogP contribution in [0, 0.1) is 6.92 Å². The SMILES string of the molecule is Cc1nc2ccccc2c(=O)n1Cc1cc(=O)[nH]c(NCc2cccs2)n1. The van der Waals surface area contributed by atoms with Crippen LogP contribution in [0.15, 0.2) is 57.4 Å². The summed E-state index contributed by atoms with van der Waals surface area (Å²) in [6.07, 6.45) is 0. The molecular weight excluding hydrogens is 362 g/mol. The number of benzene rings is 1. The number of rotatable bonds is 5. The number of aromatic nitrogens is 4. The van der Waals surface area contributed by atoms with Crippen LogP contribution in [-0.2, 0) is 13.1 Å². The average molecular weight is 379 g/mol. The summed E-state index contributed by atoms with van der Waals surface area (Å²) in [6, 6.07) is 12.6. The van der Waals surface area contributed by atoms with E-state index in [9.17, 15) is 9.59 Å². The smallest absolute Gasteiger partial charge is 0.261 e. The summed E-state index contributed by atoms with van der Waals surface area (Å²) in [5.74, 6) is 0.958. The molecule has 0 fully saturated rings. The van der Waals surface area contributed by atoms with Crippen LogP contribution in [0.1, 0.15) is 16.4 Å². The minimum atomic E-state index is -0.270. The van der Waals surface area contributed by atoms with Crippen LogP contribution >= 0.6 is 11.3 Å². The Morgan fingerprint density at radius 2 is 2.00 bits per heavy atom. The molecule has 4 aromatic rings.